The van der Waals surface area contributed by atoms with Crippen molar-refractivity contribution in [2.75, 3.05) is 7.11 Å². The number of benzene rings is 2. The summed E-state index contributed by atoms with van der Waals surface area (Å²) in [7, 11) is 1.54. The van der Waals surface area contributed by atoms with Gasteiger partial charge in [-0.3, -0.25) is 19.7 Å². The maximum atomic E-state index is 12.6. The van der Waals surface area contributed by atoms with Crippen LogP contribution in [0.2, 0.25) is 0 Å². The molecule has 35 heavy (non-hydrogen) atoms. The van der Waals surface area contributed by atoms with Gasteiger partial charge in [0.2, 0.25) is 0 Å². The molecular formula is C27H27N5O3. The summed E-state index contributed by atoms with van der Waals surface area (Å²) in [6.07, 6.45) is 6.24. The lowest BCUT2D eigenvalue weighted by Gasteiger charge is -2.15. The second-order valence-corrected chi connectivity index (χ2v) is 8.80. The molecule has 5 rings (SSSR count). The number of methoxy groups -OCH3 is 1. The zero-order valence-corrected chi connectivity index (χ0v) is 19.5. The van der Waals surface area contributed by atoms with E-state index < -0.39 is 5.91 Å². The fourth-order valence-electron chi connectivity index (χ4n) is 4.88. The molecule has 1 saturated carbocycles. The number of pyridine rings is 1. The minimum absolute atomic E-state index is 0.213. The lowest BCUT2D eigenvalue weighted by molar-refractivity contribution is 0.0946. The first-order valence-corrected chi connectivity index (χ1v) is 11.7. The highest BCUT2D eigenvalue weighted by molar-refractivity contribution is 6.10. The third kappa shape index (κ3) is 4.35. The van der Waals surface area contributed by atoms with Crippen LogP contribution in [0.1, 0.15) is 63.6 Å². The molecule has 1 fully saturated rings. The number of aromatic amines is 1. The number of rotatable bonds is 7. The summed E-state index contributed by atoms with van der Waals surface area (Å²) in [6, 6.07) is 14.7. The average molecular weight is 470 g/mol. The molecule has 1 aliphatic carbocycles. The Kier molecular flexibility index (Phi) is 6.18. The normalized spacial score (nSPS) is 13.7. The molecule has 2 heterocycles. The van der Waals surface area contributed by atoms with Crippen molar-refractivity contribution >= 4 is 22.7 Å². The fraction of sp³-hybridized carbons (Fsp3) is 0.259. The minimum atomic E-state index is -0.548. The first-order valence-electron chi connectivity index (χ1n) is 11.7. The van der Waals surface area contributed by atoms with Crippen LogP contribution in [0.25, 0.3) is 22.2 Å². The predicted molar refractivity (Wildman–Crippen MR) is 133 cm³/mol. The summed E-state index contributed by atoms with van der Waals surface area (Å²) in [5.74, 6) is 0.112. The van der Waals surface area contributed by atoms with Gasteiger partial charge in [-0.15, -0.1) is 0 Å². The third-order valence-electron chi connectivity index (χ3n) is 6.65. The van der Waals surface area contributed by atoms with Gasteiger partial charge in [0.15, 0.2) is 0 Å². The number of carbonyl (C=O) groups excluding carboxylic acids is 2. The Morgan fingerprint density at radius 2 is 1.86 bits per heavy atom. The van der Waals surface area contributed by atoms with Crippen molar-refractivity contribution in [3.05, 3.63) is 77.1 Å². The summed E-state index contributed by atoms with van der Waals surface area (Å²) in [5.41, 5.74) is 10.5. The van der Waals surface area contributed by atoms with Crippen molar-refractivity contribution in [1.82, 2.24) is 20.5 Å². The number of hydrogen-bond donors (Lipinski definition) is 3. The van der Waals surface area contributed by atoms with Gasteiger partial charge in [-0.05, 0) is 30.5 Å². The van der Waals surface area contributed by atoms with Crippen molar-refractivity contribution in [2.24, 2.45) is 5.73 Å². The van der Waals surface area contributed by atoms with E-state index in [0.717, 1.165) is 35.0 Å². The van der Waals surface area contributed by atoms with Crippen LogP contribution in [0.3, 0.4) is 0 Å². The van der Waals surface area contributed by atoms with E-state index in [1.165, 1.54) is 20.0 Å². The molecule has 0 bridgehead atoms. The molecule has 0 aliphatic heterocycles. The molecule has 8 heteroatoms. The van der Waals surface area contributed by atoms with Crippen LogP contribution in [0.15, 0.2) is 54.7 Å². The number of fused-ring (bicyclic) bond motifs is 1. The van der Waals surface area contributed by atoms with E-state index in [1.807, 2.05) is 30.3 Å². The Morgan fingerprint density at radius 3 is 2.57 bits per heavy atom. The molecule has 0 saturated heterocycles. The fourth-order valence-corrected chi connectivity index (χ4v) is 4.88. The van der Waals surface area contributed by atoms with Gasteiger partial charge in [0.05, 0.1) is 41.3 Å². The van der Waals surface area contributed by atoms with Crippen LogP contribution in [0.4, 0.5) is 0 Å². The third-order valence-corrected chi connectivity index (χ3v) is 6.65. The van der Waals surface area contributed by atoms with Gasteiger partial charge in [0.25, 0.3) is 11.8 Å². The van der Waals surface area contributed by atoms with Crippen LogP contribution in [0, 0.1) is 0 Å². The number of primary amides is 1. The van der Waals surface area contributed by atoms with Gasteiger partial charge in [-0.1, -0.05) is 49.2 Å². The van der Waals surface area contributed by atoms with E-state index in [-0.39, 0.29) is 5.91 Å². The molecule has 4 N–H and O–H groups in total. The second kappa shape index (κ2) is 9.58. The van der Waals surface area contributed by atoms with Crippen molar-refractivity contribution in [2.45, 2.75) is 38.1 Å². The first kappa shape index (κ1) is 22.6. The monoisotopic (exact) mass is 469 g/mol. The molecule has 0 atom stereocenters. The average Bonchev–Trinajstić information content (AvgIpc) is 3.59. The van der Waals surface area contributed by atoms with Crippen LogP contribution in [-0.4, -0.2) is 34.1 Å². The number of amides is 2. The van der Waals surface area contributed by atoms with E-state index in [2.05, 4.69) is 15.5 Å². The van der Waals surface area contributed by atoms with Gasteiger partial charge in [-0.25, -0.2) is 0 Å². The molecular weight excluding hydrogens is 442 g/mol. The molecule has 2 amide bonds. The number of hydrogen-bond acceptors (Lipinski definition) is 5. The molecule has 4 aromatic rings. The lowest BCUT2D eigenvalue weighted by Crippen LogP contribution is -2.23. The van der Waals surface area contributed by atoms with E-state index >= 15 is 0 Å². The van der Waals surface area contributed by atoms with Crippen LogP contribution in [-0.2, 0) is 6.54 Å². The Bertz CT molecular complexity index is 1390. The summed E-state index contributed by atoms with van der Waals surface area (Å²) < 4.78 is 5.27. The Hall–Kier alpha value is -4.20. The zero-order valence-electron chi connectivity index (χ0n) is 19.5. The number of ether oxygens (including phenoxy) is 1. The van der Waals surface area contributed by atoms with E-state index in [9.17, 15) is 9.59 Å². The van der Waals surface area contributed by atoms with Crippen molar-refractivity contribution in [1.29, 1.82) is 0 Å². The maximum absolute atomic E-state index is 12.6. The number of H-pyrrole nitrogens is 1. The Morgan fingerprint density at radius 1 is 1.11 bits per heavy atom. The number of aromatic nitrogens is 3. The van der Waals surface area contributed by atoms with Gasteiger partial charge >= 0.3 is 0 Å². The molecule has 0 spiro atoms. The molecule has 2 aromatic heterocycles. The van der Waals surface area contributed by atoms with Gasteiger partial charge in [0.1, 0.15) is 5.75 Å². The van der Waals surface area contributed by atoms with E-state index in [0.29, 0.717) is 40.5 Å². The van der Waals surface area contributed by atoms with Gasteiger partial charge in [-0.2, -0.15) is 5.10 Å². The number of nitrogens with two attached hydrogens (primary N) is 1. The quantitative estimate of drug-likeness (QED) is 0.372. The SMILES string of the molecule is COc1ccccc1C(=O)NCc1ccc(-c2nc(C3CCCC3)c3cn[nH]c3c2C(N)=O)cc1. The molecule has 1 aliphatic rings. The number of para-hydroxylation sites is 1. The van der Waals surface area contributed by atoms with Gasteiger partial charge < -0.3 is 15.8 Å². The summed E-state index contributed by atoms with van der Waals surface area (Å²) in [6.45, 7) is 0.347. The summed E-state index contributed by atoms with van der Waals surface area (Å²) in [4.78, 5) is 30.0. The highest BCUT2D eigenvalue weighted by Gasteiger charge is 2.26. The van der Waals surface area contributed by atoms with Crippen molar-refractivity contribution < 1.29 is 14.3 Å². The predicted octanol–water partition coefficient (Wildman–Crippen LogP) is 4.32. The Labute approximate surface area is 202 Å². The highest BCUT2D eigenvalue weighted by Crippen LogP contribution is 2.39. The number of nitrogens with one attached hydrogen (secondary N) is 2. The second-order valence-electron chi connectivity index (χ2n) is 8.80. The summed E-state index contributed by atoms with van der Waals surface area (Å²) >= 11 is 0. The topological polar surface area (TPSA) is 123 Å². The zero-order chi connectivity index (χ0) is 24.4. The van der Waals surface area contributed by atoms with Crippen molar-refractivity contribution in [3.63, 3.8) is 0 Å². The summed E-state index contributed by atoms with van der Waals surface area (Å²) in [5, 5.41) is 10.9. The lowest BCUT2D eigenvalue weighted by atomic mass is 9.95. The van der Waals surface area contributed by atoms with Crippen molar-refractivity contribution in [3.8, 4) is 17.0 Å². The van der Waals surface area contributed by atoms with E-state index in [1.54, 1.807) is 24.4 Å². The van der Waals surface area contributed by atoms with E-state index in [4.69, 9.17) is 15.5 Å². The highest BCUT2D eigenvalue weighted by atomic mass is 16.5. The standard InChI is InChI=1S/C27H27N5O3/c1-35-21-9-5-4-8-19(21)27(34)29-14-16-10-12-18(13-11-16)24-22(26(28)33)25-20(15-30-32-25)23(31-24)17-6-2-3-7-17/h4-5,8-13,15,17H,2-3,6-7,14H2,1H3,(H2,28,33)(H,29,34)(H,30,32). The molecule has 8 nitrogen and oxygen atoms in total. The Balaban J connectivity index is 1.43. The van der Waals surface area contributed by atoms with Crippen LogP contribution in [0.5, 0.6) is 5.75 Å². The number of nitrogens with zero attached hydrogens (tertiary/aromatic N) is 2. The smallest absolute Gasteiger partial charge is 0.255 e. The maximum Gasteiger partial charge on any atom is 0.255 e. The largest absolute Gasteiger partial charge is 0.496 e. The van der Waals surface area contributed by atoms with Gasteiger partial charge in [0, 0.05) is 23.4 Å². The minimum Gasteiger partial charge on any atom is -0.496 e. The molecule has 0 radical (unpaired) electrons. The van der Waals surface area contributed by atoms with Crippen LogP contribution < -0.4 is 15.8 Å². The number of carbonyl (C=O) groups is 2. The molecule has 178 valence electrons. The van der Waals surface area contributed by atoms with Crippen LogP contribution >= 0.6 is 0 Å². The first-order chi connectivity index (χ1) is 17.1. The molecule has 2 aromatic carbocycles. The molecule has 0 unspecified atom stereocenters.